The average Bonchev–Trinajstić information content (AvgIpc) is 2.61. The van der Waals surface area contributed by atoms with Crippen molar-refractivity contribution in [2.45, 2.75) is 11.8 Å². The van der Waals surface area contributed by atoms with Crippen LogP contribution in [0.25, 0.3) is 0 Å². The van der Waals surface area contributed by atoms with Crippen molar-refractivity contribution in [3.05, 3.63) is 52.5 Å². The molecule has 0 aliphatic carbocycles. The Labute approximate surface area is 163 Å². The van der Waals surface area contributed by atoms with Gasteiger partial charge >= 0.3 is 0 Å². The molecule has 0 aliphatic rings. The zero-order chi connectivity index (χ0) is 20.2. The first-order chi connectivity index (χ1) is 12.6. The molecule has 0 aliphatic heterocycles. The third kappa shape index (κ3) is 4.98. The van der Waals surface area contributed by atoms with Crippen LogP contribution in [0.1, 0.15) is 11.1 Å². The van der Waals surface area contributed by atoms with Gasteiger partial charge in [0.25, 0.3) is 0 Å². The molecule has 27 heavy (non-hydrogen) atoms. The lowest BCUT2D eigenvalue weighted by Crippen LogP contribution is -2.24. The number of anilines is 2. The molecular weight excluding hydrogens is 388 g/mol. The maximum atomic E-state index is 12.3. The van der Waals surface area contributed by atoms with Gasteiger partial charge in [-0.25, -0.2) is 12.7 Å². The molecule has 9 heteroatoms. The van der Waals surface area contributed by atoms with Crippen molar-refractivity contribution in [2.75, 3.05) is 31.3 Å². The molecule has 0 radical (unpaired) electrons. The predicted octanol–water partition coefficient (Wildman–Crippen LogP) is 2.82. The van der Waals surface area contributed by atoms with Crippen molar-refractivity contribution < 1.29 is 13.2 Å². The van der Waals surface area contributed by atoms with Gasteiger partial charge in [0.05, 0.1) is 22.7 Å². The normalized spacial score (nSPS) is 11.1. The lowest BCUT2D eigenvalue weighted by molar-refractivity contribution is -0.114. The van der Waals surface area contributed by atoms with Crippen LogP contribution in [0.2, 0.25) is 5.02 Å². The van der Waals surface area contributed by atoms with Crippen molar-refractivity contribution in [1.82, 2.24) is 4.31 Å². The van der Waals surface area contributed by atoms with Crippen LogP contribution in [0.4, 0.5) is 11.4 Å². The van der Waals surface area contributed by atoms with E-state index in [4.69, 9.17) is 16.9 Å². The molecular formula is C18H19ClN4O3S. The lowest BCUT2D eigenvalue weighted by Gasteiger charge is -2.15. The highest BCUT2D eigenvalue weighted by molar-refractivity contribution is 7.89. The van der Waals surface area contributed by atoms with Gasteiger partial charge in [-0.15, -0.1) is 0 Å². The third-order valence-corrected chi connectivity index (χ3v) is 5.85. The average molecular weight is 407 g/mol. The van der Waals surface area contributed by atoms with E-state index in [2.05, 4.69) is 10.6 Å². The van der Waals surface area contributed by atoms with Gasteiger partial charge in [0.1, 0.15) is 6.07 Å². The van der Waals surface area contributed by atoms with Crippen LogP contribution in [-0.2, 0) is 14.8 Å². The fraction of sp³-hybridized carbons (Fsp3) is 0.222. The maximum Gasteiger partial charge on any atom is 0.243 e. The molecule has 0 saturated carbocycles. The van der Waals surface area contributed by atoms with E-state index in [-0.39, 0.29) is 11.4 Å². The number of benzene rings is 2. The van der Waals surface area contributed by atoms with Crippen LogP contribution in [-0.4, -0.2) is 39.3 Å². The fourth-order valence-electron chi connectivity index (χ4n) is 2.25. The Hall–Kier alpha value is -2.60. The summed E-state index contributed by atoms with van der Waals surface area (Å²) in [6.07, 6.45) is 0. The largest absolute Gasteiger partial charge is 0.376 e. The number of hydrogen-bond donors (Lipinski definition) is 2. The van der Waals surface area contributed by atoms with Gasteiger partial charge in [0, 0.05) is 24.8 Å². The molecule has 0 aromatic heterocycles. The number of hydrogen-bond acceptors (Lipinski definition) is 5. The van der Waals surface area contributed by atoms with E-state index in [1.165, 1.54) is 38.4 Å². The van der Waals surface area contributed by atoms with Gasteiger partial charge in [0.15, 0.2) is 0 Å². The Morgan fingerprint density at radius 2 is 1.89 bits per heavy atom. The van der Waals surface area contributed by atoms with E-state index in [1.807, 2.05) is 6.07 Å². The summed E-state index contributed by atoms with van der Waals surface area (Å²) in [6, 6.07) is 11.2. The van der Waals surface area contributed by atoms with Gasteiger partial charge in [-0.2, -0.15) is 5.26 Å². The number of carbonyl (C=O) groups is 1. The van der Waals surface area contributed by atoms with E-state index in [0.717, 1.165) is 9.87 Å². The number of sulfonamides is 1. The third-order valence-electron chi connectivity index (χ3n) is 3.80. The summed E-state index contributed by atoms with van der Waals surface area (Å²) in [6.45, 7) is 1.70. The summed E-state index contributed by atoms with van der Waals surface area (Å²) in [5.41, 5.74) is 1.93. The number of aryl methyl sites for hydroxylation is 1. The van der Waals surface area contributed by atoms with Crippen molar-refractivity contribution >= 4 is 38.9 Å². The van der Waals surface area contributed by atoms with Gasteiger partial charge in [-0.1, -0.05) is 17.7 Å². The van der Waals surface area contributed by atoms with E-state index < -0.39 is 15.9 Å². The summed E-state index contributed by atoms with van der Waals surface area (Å²) in [7, 11) is -0.671. The van der Waals surface area contributed by atoms with Crippen molar-refractivity contribution in [3.8, 4) is 6.07 Å². The Bertz CT molecular complexity index is 1010. The molecule has 0 unspecified atom stereocenters. The minimum absolute atomic E-state index is 0.107. The van der Waals surface area contributed by atoms with Crippen LogP contribution in [0.5, 0.6) is 0 Å². The summed E-state index contributed by atoms with van der Waals surface area (Å²) in [5.74, 6) is -0.394. The van der Waals surface area contributed by atoms with Crippen LogP contribution < -0.4 is 10.6 Å². The minimum Gasteiger partial charge on any atom is -0.376 e. The predicted molar refractivity (Wildman–Crippen MR) is 105 cm³/mol. The van der Waals surface area contributed by atoms with Crippen LogP contribution in [0.15, 0.2) is 41.3 Å². The number of nitriles is 1. The van der Waals surface area contributed by atoms with Crippen molar-refractivity contribution in [3.63, 3.8) is 0 Å². The van der Waals surface area contributed by atoms with Gasteiger partial charge in [-0.05, 0) is 42.8 Å². The quantitative estimate of drug-likeness (QED) is 0.767. The molecule has 7 nitrogen and oxygen atoms in total. The Kier molecular flexibility index (Phi) is 6.44. The Morgan fingerprint density at radius 3 is 2.52 bits per heavy atom. The summed E-state index contributed by atoms with van der Waals surface area (Å²) in [4.78, 5) is 12.3. The first-order valence-electron chi connectivity index (χ1n) is 7.91. The van der Waals surface area contributed by atoms with Crippen LogP contribution >= 0.6 is 11.6 Å². The number of nitrogens with zero attached hydrogens (tertiary/aromatic N) is 2. The van der Waals surface area contributed by atoms with E-state index in [9.17, 15) is 13.2 Å². The molecule has 0 heterocycles. The van der Waals surface area contributed by atoms with Gasteiger partial charge in [-0.3, -0.25) is 4.79 Å². The molecule has 2 aromatic rings. The van der Waals surface area contributed by atoms with Crippen LogP contribution in [0, 0.1) is 18.3 Å². The van der Waals surface area contributed by atoms with Gasteiger partial charge in [0.2, 0.25) is 15.9 Å². The highest BCUT2D eigenvalue weighted by Crippen LogP contribution is 2.23. The lowest BCUT2D eigenvalue weighted by atomic mass is 10.2. The number of amides is 1. The highest BCUT2D eigenvalue weighted by Gasteiger charge is 2.18. The zero-order valence-electron chi connectivity index (χ0n) is 15.1. The standard InChI is InChI=1S/C18H19ClN4O3S/c1-12-4-7-15(27(25,26)23(2)3)9-16(12)21-11-18(24)22-17-8-14(19)6-5-13(17)10-20/h4-9,21H,11H2,1-3H3,(H,22,24). The monoisotopic (exact) mass is 406 g/mol. The van der Waals surface area contributed by atoms with Crippen molar-refractivity contribution in [2.24, 2.45) is 0 Å². The topological polar surface area (TPSA) is 102 Å². The molecule has 1 amide bonds. The zero-order valence-corrected chi connectivity index (χ0v) is 16.6. The Morgan fingerprint density at radius 1 is 1.19 bits per heavy atom. The van der Waals surface area contributed by atoms with E-state index >= 15 is 0 Å². The molecule has 0 fully saturated rings. The smallest absolute Gasteiger partial charge is 0.243 e. The summed E-state index contributed by atoms with van der Waals surface area (Å²) < 4.78 is 25.6. The number of carbonyl (C=O) groups excluding carboxylic acids is 1. The van der Waals surface area contributed by atoms with Gasteiger partial charge < -0.3 is 10.6 Å². The first-order valence-corrected chi connectivity index (χ1v) is 9.73. The summed E-state index contributed by atoms with van der Waals surface area (Å²) >= 11 is 5.90. The fourth-order valence-corrected chi connectivity index (χ4v) is 3.35. The molecule has 0 bridgehead atoms. The molecule has 2 rings (SSSR count). The van der Waals surface area contributed by atoms with E-state index in [0.29, 0.717) is 22.0 Å². The maximum absolute atomic E-state index is 12.3. The summed E-state index contributed by atoms with van der Waals surface area (Å²) in [5, 5.41) is 15.0. The van der Waals surface area contributed by atoms with Crippen LogP contribution in [0.3, 0.4) is 0 Å². The van der Waals surface area contributed by atoms with Crippen molar-refractivity contribution in [1.29, 1.82) is 5.26 Å². The molecule has 142 valence electrons. The molecule has 0 atom stereocenters. The molecule has 0 saturated heterocycles. The molecule has 2 N–H and O–H groups in total. The molecule has 2 aromatic carbocycles. The number of rotatable bonds is 6. The Balaban J connectivity index is 2.14. The number of nitrogens with one attached hydrogen (secondary N) is 2. The first kappa shape index (κ1) is 20.7. The molecule has 0 spiro atoms. The second kappa shape index (κ2) is 8.39. The second-order valence-corrected chi connectivity index (χ2v) is 8.56. The highest BCUT2D eigenvalue weighted by atomic mass is 35.5. The second-order valence-electron chi connectivity index (χ2n) is 5.97. The SMILES string of the molecule is Cc1ccc(S(=O)(=O)N(C)C)cc1NCC(=O)Nc1cc(Cl)ccc1C#N. The minimum atomic E-state index is -3.57. The van der Waals surface area contributed by atoms with E-state index in [1.54, 1.807) is 19.1 Å². The number of halogens is 1.